The molecule has 83 valence electrons. The van der Waals surface area contributed by atoms with Gasteiger partial charge in [-0.05, 0) is 0 Å². The van der Waals surface area contributed by atoms with Crippen LogP contribution in [0.15, 0.2) is 0 Å². The number of nitrogens with one attached hydrogen (secondary N) is 1. The van der Waals surface area contributed by atoms with Gasteiger partial charge < -0.3 is 11.0 Å². The van der Waals surface area contributed by atoms with E-state index in [1.54, 1.807) is 12.5 Å². The fourth-order valence-electron chi connectivity index (χ4n) is 1.81. The Morgan fingerprint density at radius 2 is 2.13 bits per heavy atom. The predicted molar refractivity (Wildman–Crippen MR) is 50.1 cm³/mol. The van der Waals surface area contributed by atoms with Crippen molar-refractivity contribution in [2.45, 2.75) is 25.6 Å². The molecule has 1 fully saturated rings. The number of halogens is 2. The summed E-state index contributed by atoms with van der Waals surface area (Å²) in [4.78, 5) is 22.6. The van der Waals surface area contributed by atoms with Gasteiger partial charge in [0.2, 0.25) is 25.2 Å². The summed E-state index contributed by atoms with van der Waals surface area (Å²) in [6, 6.07) is 0. The normalized spacial score (nSPS) is 29.1. The lowest BCUT2D eigenvalue weighted by atomic mass is 9.91. The van der Waals surface area contributed by atoms with Crippen LogP contribution in [-0.4, -0.2) is 25.2 Å². The first-order valence-corrected chi connectivity index (χ1v) is 4.59. The first-order chi connectivity index (χ1) is 7.41. The van der Waals surface area contributed by atoms with Crippen LogP contribution < -0.4 is 11.0 Å². The van der Waals surface area contributed by atoms with E-state index in [-0.39, 0.29) is 0 Å². The molecule has 0 aromatic rings. The smallest absolute Gasteiger partial charge is 0.249 e. The summed E-state index contributed by atoms with van der Waals surface area (Å²) in [5.41, 5.74) is 1.56. The van der Waals surface area contributed by atoms with Crippen molar-refractivity contribution in [1.29, 1.82) is 0 Å². The van der Waals surface area contributed by atoms with Gasteiger partial charge in [0.05, 0.1) is 11.8 Å². The molecule has 1 saturated carbocycles. The molecule has 7 heteroatoms. The van der Waals surface area contributed by atoms with Crippen LogP contribution in [0.1, 0.15) is 12.8 Å². The molecular formula is C8H12BF2N2O2. The fourth-order valence-corrected chi connectivity index (χ4v) is 1.81. The number of primary amides is 1. The summed E-state index contributed by atoms with van der Waals surface area (Å²) in [7, 11) is 1.33. The van der Waals surface area contributed by atoms with Gasteiger partial charge in [0, 0.05) is 12.8 Å². The Bertz CT molecular complexity index is 304. The molecule has 0 spiro atoms. The van der Waals surface area contributed by atoms with Crippen LogP contribution in [0, 0.1) is 11.8 Å². The minimum absolute atomic E-state index is 0.603. The van der Waals surface area contributed by atoms with Crippen LogP contribution >= 0.6 is 0 Å². The molecule has 0 aliphatic heterocycles. The molecule has 1 rings (SSSR count). The van der Waals surface area contributed by atoms with Crippen molar-refractivity contribution in [2.24, 2.45) is 17.6 Å². The van der Waals surface area contributed by atoms with Crippen molar-refractivity contribution in [1.82, 2.24) is 5.23 Å². The van der Waals surface area contributed by atoms with Gasteiger partial charge in [-0.2, -0.15) is 0 Å². The highest BCUT2D eigenvalue weighted by Gasteiger charge is 2.51. The van der Waals surface area contributed by atoms with E-state index in [9.17, 15) is 18.4 Å². The summed E-state index contributed by atoms with van der Waals surface area (Å²) in [6.07, 6.45) is -1.33. The molecule has 1 aliphatic carbocycles. The number of hydrogen-bond acceptors (Lipinski definition) is 2. The van der Waals surface area contributed by atoms with E-state index < -0.39 is 42.4 Å². The summed E-state index contributed by atoms with van der Waals surface area (Å²) in [5, 5.41) is 2.30. The number of alkyl halides is 2. The first kappa shape index (κ1) is 10.4. The molecule has 2 amide bonds. The number of amides is 2. The highest BCUT2D eigenvalue weighted by atomic mass is 19.3. The Morgan fingerprint density at radius 3 is 2.67 bits per heavy atom. The van der Waals surface area contributed by atoms with Crippen molar-refractivity contribution in [3.63, 3.8) is 0 Å². The van der Waals surface area contributed by atoms with Gasteiger partial charge in [-0.1, -0.05) is 6.82 Å². The third-order valence-corrected chi connectivity index (χ3v) is 2.48. The van der Waals surface area contributed by atoms with Crippen LogP contribution in [-0.2, 0) is 9.59 Å². The van der Waals surface area contributed by atoms with Gasteiger partial charge in [-0.15, -0.1) is 0 Å². The van der Waals surface area contributed by atoms with Crippen molar-refractivity contribution in [3.8, 4) is 0 Å². The lowest BCUT2D eigenvalue weighted by molar-refractivity contribution is -0.131. The number of carbonyl (C=O) groups is 2. The third kappa shape index (κ3) is 2.67. The zero-order chi connectivity index (χ0) is 12.3. The molecule has 0 bridgehead atoms. The summed E-state index contributed by atoms with van der Waals surface area (Å²) in [6.45, 7) is 1.55. The minimum Gasteiger partial charge on any atom is -0.403 e. The molecule has 0 unspecified atom stereocenters. The number of hydrogen-bond donors (Lipinski definition) is 2. The Balaban J connectivity index is 2.80. The second-order valence-corrected chi connectivity index (χ2v) is 3.64. The zero-order valence-corrected chi connectivity index (χ0v) is 8.22. The second-order valence-electron chi connectivity index (χ2n) is 3.64. The van der Waals surface area contributed by atoms with Crippen LogP contribution in [0.3, 0.4) is 0 Å². The number of carbonyl (C=O) groups excluding carboxylic acids is 2. The van der Waals surface area contributed by atoms with Crippen molar-refractivity contribution >= 4 is 19.2 Å². The molecule has 0 aromatic heterocycles. The maximum Gasteiger partial charge on any atom is 0.249 e. The van der Waals surface area contributed by atoms with Gasteiger partial charge in [0.15, 0.2) is 1.41 Å². The Morgan fingerprint density at radius 1 is 1.53 bits per heavy atom. The lowest BCUT2D eigenvalue weighted by Crippen LogP contribution is -2.38. The van der Waals surface area contributed by atoms with Gasteiger partial charge in [-0.25, -0.2) is 8.78 Å². The standard InChI is InChI=1S/C8H12BF2N2O2/c1-9-13-7(15)5-3-8(10,11)2-4(5)6(12)14/h4-5H,2-3H2,1H3,(H2,12,14)(H,13,15)/t4-,5-/m0/s1/i/hD. The van der Waals surface area contributed by atoms with E-state index >= 15 is 0 Å². The van der Waals surface area contributed by atoms with Gasteiger partial charge >= 0.3 is 0 Å². The van der Waals surface area contributed by atoms with Crippen molar-refractivity contribution in [3.05, 3.63) is 0 Å². The van der Waals surface area contributed by atoms with E-state index in [1.165, 1.54) is 7.41 Å². The van der Waals surface area contributed by atoms with E-state index in [4.69, 9.17) is 1.41 Å². The van der Waals surface area contributed by atoms with E-state index in [1.807, 2.05) is 0 Å². The quantitative estimate of drug-likeness (QED) is 0.650. The summed E-state index contributed by atoms with van der Waals surface area (Å²) < 4.78 is 32.9. The Kier molecular flexibility index (Phi) is 2.88. The molecule has 0 heterocycles. The molecular weight excluding hydrogens is 205 g/mol. The average Bonchev–Trinajstić information content (AvgIpc) is 2.54. The molecule has 0 aromatic carbocycles. The number of nitrogens with two attached hydrogens (primary N) is 1. The maximum atomic E-state index is 13.1. The average molecular weight is 218 g/mol. The van der Waals surface area contributed by atoms with Gasteiger partial charge in [-0.3, -0.25) is 9.59 Å². The topological polar surface area (TPSA) is 72.2 Å². The van der Waals surface area contributed by atoms with Crippen molar-refractivity contribution in [2.75, 3.05) is 0 Å². The zero-order valence-electron chi connectivity index (χ0n) is 9.22. The van der Waals surface area contributed by atoms with Gasteiger partial charge in [0.25, 0.3) is 0 Å². The predicted octanol–water partition coefficient (Wildman–Crippen LogP) is -0.0833. The van der Waals surface area contributed by atoms with E-state index in [2.05, 4.69) is 5.23 Å². The van der Waals surface area contributed by atoms with Crippen LogP contribution in [0.4, 0.5) is 8.78 Å². The Hall–Kier alpha value is -1.14. The highest BCUT2D eigenvalue weighted by Crippen LogP contribution is 2.43. The fraction of sp³-hybridized carbons (Fsp3) is 0.750. The van der Waals surface area contributed by atoms with Crippen LogP contribution in [0.25, 0.3) is 0 Å². The molecule has 1 radical (unpaired) electrons. The maximum absolute atomic E-state index is 13.1. The highest BCUT2D eigenvalue weighted by molar-refractivity contribution is 6.35. The second kappa shape index (κ2) is 4.16. The van der Waals surface area contributed by atoms with Crippen molar-refractivity contribution < 1.29 is 19.8 Å². The molecule has 1 aliphatic rings. The van der Waals surface area contributed by atoms with E-state index in [0.29, 0.717) is 0 Å². The molecule has 2 atom stereocenters. The summed E-state index contributed by atoms with van der Waals surface area (Å²) in [5.74, 6) is -6.67. The number of rotatable bonds is 3. The lowest BCUT2D eigenvalue weighted by Gasteiger charge is -2.14. The monoisotopic (exact) mass is 218 g/mol. The van der Waals surface area contributed by atoms with E-state index in [0.717, 1.165) is 0 Å². The first-order valence-electron chi connectivity index (χ1n) is 5.09. The minimum atomic E-state index is -3.02. The molecule has 4 nitrogen and oxygen atoms in total. The molecule has 15 heavy (non-hydrogen) atoms. The molecule has 3 N–H and O–H groups in total. The SMILES string of the molecule is [2H]NC(=O)[C@H]1CC(F)(F)C[C@@H]1C(=O)N[B]C. The molecule has 0 saturated heterocycles. The third-order valence-electron chi connectivity index (χ3n) is 2.48. The Labute approximate surface area is 88.3 Å². The summed E-state index contributed by atoms with van der Waals surface area (Å²) >= 11 is 0. The largest absolute Gasteiger partial charge is 0.403 e. The van der Waals surface area contributed by atoms with Gasteiger partial charge in [0.1, 0.15) is 0 Å². The van der Waals surface area contributed by atoms with Crippen LogP contribution in [0.2, 0.25) is 8.23 Å². The van der Waals surface area contributed by atoms with Crippen LogP contribution in [0.5, 0.6) is 0 Å².